The molecule has 0 bridgehead atoms. The maximum absolute atomic E-state index is 13.1. The van der Waals surface area contributed by atoms with Gasteiger partial charge in [0.2, 0.25) is 5.91 Å². The highest BCUT2D eigenvalue weighted by molar-refractivity contribution is 5.83. The minimum absolute atomic E-state index is 0.277. The molecule has 0 atom stereocenters. The number of rotatable bonds is 6. The second kappa shape index (κ2) is 8.02. The highest BCUT2D eigenvalue weighted by Crippen LogP contribution is 2.36. The first-order valence-corrected chi connectivity index (χ1v) is 8.40. The van der Waals surface area contributed by atoms with Crippen molar-refractivity contribution in [2.75, 3.05) is 19.6 Å². The van der Waals surface area contributed by atoms with Gasteiger partial charge in [0.25, 0.3) is 0 Å². The molecule has 0 aliphatic heterocycles. The van der Waals surface area contributed by atoms with E-state index in [-0.39, 0.29) is 5.41 Å². The lowest BCUT2D eigenvalue weighted by Gasteiger charge is -2.37. The normalized spacial score (nSPS) is 19.1. The van der Waals surface area contributed by atoms with Crippen molar-refractivity contribution in [3.8, 4) is 0 Å². The van der Waals surface area contributed by atoms with E-state index in [1.54, 1.807) is 0 Å². The van der Waals surface area contributed by atoms with Crippen molar-refractivity contribution in [2.24, 2.45) is 23.0 Å². The summed E-state index contributed by atoms with van der Waals surface area (Å²) in [5.41, 5.74) is 5.78. The number of amides is 1. The Morgan fingerprint density at radius 3 is 1.80 bits per heavy atom. The summed E-state index contributed by atoms with van der Waals surface area (Å²) in [6, 6.07) is 0. The fraction of sp³-hybridized carbons (Fsp3) is 0.941. The van der Waals surface area contributed by atoms with Crippen molar-refractivity contribution >= 4 is 5.91 Å². The molecule has 1 saturated carbocycles. The molecule has 0 radical (unpaired) electrons. The van der Waals surface area contributed by atoms with Crippen LogP contribution in [0.3, 0.4) is 0 Å². The molecular formula is C17H34N2O. The minimum atomic E-state index is -0.277. The zero-order chi connectivity index (χ0) is 15.2. The molecule has 3 nitrogen and oxygen atoms in total. The van der Waals surface area contributed by atoms with Gasteiger partial charge in [0.05, 0.1) is 5.41 Å². The van der Waals surface area contributed by atoms with Gasteiger partial charge in [0.1, 0.15) is 0 Å². The van der Waals surface area contributed by atoms with Crippen LogP contribution in [0.2, 0.25) is 0 Å². The average Bonchev–Trinajstić information content (AvgIpc) is 2.62. The van der Waals surface area contributed by atoms with Gasteiger partial charge in [-0.3, -0.25) is 4.79 Å². The topological polar surface area (TPSA) is 46.3 Å². The molecule has 1 fully saturated rings. The predicted molar refractivity (Wildman–Crippen MR) is 85.4 cm³/mol. The molecule has 0 aromatic carbocycles. The van der Waals surface area contributed by atoms with E-state index < -0.39 is 0 Å². The van der Waals surface area contributed by atoms with Gasteiger partial charge in [-0.25, -0.2) is 0 Å². The van der Waals surface area contributed by atoms with Crippen molar-refractivity contribution in [2.45, 2.75) is 66.2 Å². The van der Waals surface area contributed by atoms with Gasteiger partial charge < -0.3 is 10.6 Å². The first kappa shape index (κ1) is 17.5. The van der Waals surface area contributed by atoms with Gasteiger partial charge in [-0.1, -0.05) is 53.4 Å². The van der Waals surface area contributed by atoms with Crippen LogP contribution >= 0.6 is 0 Å². The quantitative estimate of drug-likeness (QED) is 0.759. The van der Waals surface area contributed by atoms with Crippen LogP contribution in [0.1, 0.15) is 66.2 Å². The van der Waals surface area contributed by atoms with E-state index in [0.29, 0.717) is 24.3 Å². The Kier molecular flexibility index (Phi) is 7.01. The van der Waals surface area contributed by atoms with Crippen LogP contribution in [-0.2, 0) is 4.79 Å². The maximum Gasteiger partial charge on any atom is 0.230 e. The van der Waals surface area contributed by atoms with Crippen LogP contribution in [0, 0.1) is 17.3 Å². The smallest absolute Gasteiger partial charge is 0.230 e. The monoisotopic (exact) mass is 282 g/mol. The number of nitrogens with zero attached hydrogens (tertiary/aromatic N) is 1. The van der Waals surface area contributed by atoms with E-state index in [0.717, 1.165) is 38.8 Å². The molecule has 118 valence electrons. The SMILES string of the molecule is CC(C)CN(CC(C)C)C(=O)C1(CN)CCCCCC1. The Hall–Kier alpha value is -0.570. The molecule has 1 amide bonds. The molecule has 0 aromatic rings. The Bertz CT molecular complexity index is 281. The standard InChI is InChI=1S/C17H34N2O/c1-14(2)11-19(12-15(3)4)16(20)17(13-18)9-7-5-6-8-10-17/h14-15H,5-13,18H2,1-4H3. The van der Waals surface area contributed by atoms with Crippen molar-refractivity contribution in [3.05, 3.63) is 0 Å². The maximum atomic E-state index is 13.1. The molecule has 0 unspecified atom stereocenters. The van der Waals surface area contributed by atoms with Crippen molar-refractivity contribution in [3.63, 3.8) is 0 Å². The second-order valence-corrected chi connectivity index (χ2v) is 7.40. The summed E-state index contributed by atoms with van der Waals surface area (Å²) in [6.45, 7) is 11.0. The second-order valence-electron chi connectivity index (χ2n) is 7.40. The number of hydrogen-bond donors (Lipinski definition) is 1. The minimum Gasteiger partial charge on any atom is -0.342 e. The average molecular weight is 282 g/mol. The molecule has 20 heavy (non-hydrogen) atoms. The summed E-state index contributed by atoms with van der Waals surface area (Å²) in [6.07, 6.45) is 6.77. The van der Waals surface area contributed by atoms with Crippen molar-refractivity contribution in [1.29, 1.82) is 0 Å². The first-order chi connectivity index (χ1) is 9.41. The lowest BCUT2D eigenvalue weighted by Crippen LogP contribution is -2.50. The molecule has 0 saturated heterocycles. The van der Waals surface area contributed by atoms with E-state index in [2.05, 4.69) is 32.6 Å². The summed E-state index contributed by atoms with van der Waals surface area (Å²) < 4.78 is 0. The molecule has 2 N–H and O–H groups in total. The fourth-order valence-corrected chi connectivity index (χ4v) is 3.37. The molecule has 0 heterocycles. The van der Waals surface area contributed by atoms with Crippen LogP contribution in [0.15, 0.2) is 0 Å². The van der Waals surface area contributed by atoms with Gasteiger partial charge in [-0.05, 0) is 24.7 Å². The van der Waals surface area contributed by atoms with Crippen LogP contribution < -0.4 is 5.73 Å². The molecule has 1 rings (SSSR count). The van der Waals surface area contributed by atoms with E-state index >= 15 is 0 Å². The molecule has 1 aliphatic rings. The molecule has 0 aromatic heterocycles. The highest BCUT2D eigenvalue weighted by Gasteiger charge is 2.40. The summed E-state index contributed by atoms with van der Waals surface area (Å²) >= 11 is 0. The third kappa shape index (κ3) is 4.76. The van der Waals surface area contributed by atoms with Crippen molar-refractivity contribution in [1.82, 2.24) is 4.90 Å². The first-order valence-electron chi connectivity index (χ1n) is 8.40. The predicted octanol–water partition coefficient (Wildman–Crippen LogP) is 3.43. The number of nitrogens with two attached hydrogens (primary N) is 1. The Labute approximate surface area is 125 Å². The lowest BCUT2D eigenvalue weighted by atomic mass is 9.78. The Morgan fingerprint density at radius 1 is 1.00 bits per heavy atom. The zero-order valence-corrected chi connectivity index (χ0v) is 14.0. The van der Waals surface area contributed by atoms with Crippen molar-refractivity contribution < 1.29 is 4.79 Å². The summed E-state index contributed by atoms with van der Waals surface area (Å²) in [7, 11) is 0. The number of carbonyl (C=O) groups excluding carboxylic acids is 1. The van der Waals surface area contributed by atoms with E-state index in [1.165, 1.54) is 12.8 Å². The van der Waals surface area contributed by atoms with E-state index in [4.69, 9.17) is 5.73 Å². The Morgan fingerprint density at radius 2 is 1.45 bits per heavy atom. The van der Waals surface area contributed by atoms with Crippen LogP contribution in [0.25, 0.3) is 0 Å². The largest absolute Gasteiger partial charge is 0.342 e. The summed E-state index contributed by atoms with van der Waals surface area (Å²) in [5.74, 6) is 1.35. The van der Waals surface area contributed by atoms with Crippen LogP contribution in [0.4, 0.5) is 0 Å². The molecule has 3 heteroatoms. The fourth-order valence-electron chi connectivity index (χ4n) is 3.37. The molecule has 0 spiro atoms. The molecule has 1 aliphatic carbocycles. The highest BCUT2D eigenvalue weighted by atomic mass is 16.2. The van der Waals surface area contributed by atoms with Gasteiger partial charge in [0, 0.05) is 19.6 Å². The number of hydrogen-bond acceptors (Lipinski definition) is 2. The third-order valence-electron chi connectivity index (χ3n) is 4.36. The van der Waals surface area contributed by atoms with E-state index in [9.17, 15) is 4.79 Å². The van der Waals surface area contributed by atoms with Gasteiger partial charge >= 0.3 is 0 Å². The van der Waals surface area contributed by atoms with Gasteiger partial charge in [0.15, 0.2) is 0 Å². The lowest BCUT2D eigenvalue weighted by molar-refractivity contribution is -0.143. The van der Waals surface area contributed by atoms with Crippen LogP contribution in [0.5, 0.6) is 0 Å². The van der Waals surface area contributed by atoms with E-state index in [1.807, 2.05) is 0 Å². The van der Waals surface area contributed by atoms with Gasteiger partial charge in [-0.15, -0.1) is 0 Å². The number of carbonyl (C=O) groups is 1. The summed E-state index contributed by atoms with van der Waals surface area (Å²) in [5, 5.41) is 0. The van der Waals surface area contributed by atoms with Gasteiger partial charge in [-0.2, -0.15) is 0 Å². The third-order valence-corrected chi connectivity index (χ3v) is 4.36. The zero-order valence-electron chi connectivity index (χ0n) is 14.0. The van der Waals surface area contributed by atoms with Crippen LogP contribution in [-0.4, -0.2) is 30.4 Å². The molecular weight excluding hydrogens is 248 g/mol. The summed E-state index contributed by atoms with van der Waals surface area (Å²) in [4.78, 5) is 15.2. The Balaban J connectivity index is 2.87.